The summed E-state index contributed by atoms with van der Waals surface area (Å²) in [5.41, 5.74) is 0.565. The maximum Gasteiger partial charge on any atom is 0.310 e. The number of carboxylic acids is 1. The zero-order valence-electron chi connectivity index (χ0n) is 8.98. The van der Waals surface area contributed by atoms with Crippen molar-refractivity contribution in [2.24, 2.45) is 0 Å². The molecule has 0 spiro atoms. The first kappa shape index (κ1) is 11.4. The van der Waals surface area contributed by atoms with Crippen molar-refractivity contribution in [3.63, 3.8) is 0 Å². The largest absolute Gasteiger partial charge is 0.496 e. The summed E-state index contributed by atoms with van der Waals surface area (Å²) in [4.78, 5) is 10.9. The van der Waals surface area contributed by atoms with E-state index in [-0.39, 0.29) is 0 Å². The highest BCUT2D eigenvalue weighted by Crippen LogP contribution is 2.34. The van der Waals surface area contributed by atoms with Crippen molar-refractivity contribution < 1.29 is 19.4 Å². The second-order valence-corrected chi connectivity index (χ2v) is 3.14. The summed E-state index contributed by atoms with van der Waals surface area (Å²) in [6.45, 7) is 1.60. The number of carboxylic acid groups (broad SMARTS) is 1. The molecule has 1 atom stereocenters. The predicted molar refractivity (Wildman–Crippen MR) is 55.6 cm³/mol. The third-order valence-electron chi connectivity index (χ3n) is 2.27. The molecule has 0 aliphatic carbocycles. The number of rotatable bonds is 4. The van der Waals surface area contributed by atoms with Crippen LogP contribution in [0.2, 0.25) is 0 Å². The molecule has 0 bridgehead atoms. The van der Waals surface area contributed by atoms with E-state index in [2.05, 4.69) is 0 Å². The van der Waals surface area contributed by atoms with E-state index in [0.29, 0.717) is 17.1 Å². The van der Waals surface area contributed by atoms with Crippen LogP contribution >= 0.6 is 0 Å². The number of aliphatic carboxylic acids is 1. The van der Waals surface area contributed by atoms with Gasteiger partial charge in [-0.05, 0) is 19.1 Å². The first-order chi connectivity index (χ1) is 7.11. The van der Waals surface area contributed by atoms with Gasteiger partial charge in [-0.3, -0.25) is 4.79 Å². The van der Waals surface area contributed by atoms with Crippen LogP contribution in [-0.2, 0) is 4.79 Å². The van der Waals surface area contributed by atoms with Gasteiger partial charge in [0, 0.05) is 0 Å². The van der Waals surface area contributed by atoms with E-state index < -0.39 is 11.9 Å². The average molecular weight is 210 g/mol. The summed E-state index contributed by atoms with van der Waals surface area (Å²) < 4.78 is 10.2. The Labute approximate surface area is 88.4 Å². The van der Waals surface area contributed by atoms with Gasteiger partial charge in [0.15, 0.2) is 0 Å². The Kier molecular flexibility index (Phi) is 3.55. The lowest BCUT2D eigenvalue weighted by Gasteiger charge is -2.15. The fourth-order valence-corrected chi connectivity index (χ4v) is 1.43. The molecule has 0 aliphatic heterocycles. The van der Waals surface area contributed by atoms with Crippen molar-refractivity contribution in [3.05, 3.63) is 23.8 Å². The van der Waals surface area contributed by atoms with Crippen LogP contribution in [0.15, 0.2) is 18.2 Å². The molecule has 15 heavy (non-hydrogen) atoms. The smallest absolute Gasteiger partial charge is 0.310 e. The molecule has 0 aliphatic rings. The molecule has 0 saturated carbocycles. The molecule has 0 radical (unpaired) electrons. The van der Waals surface area contributed by atoms with Crippen molar-refractivity contribution in [1.82, 2.24) is 0 Å². The second-order valence-electron chi connectivity index (χ2n) is 3.14. The highest BCUT2D eigenvalue weighted by Gasteiger charge is 2.22. The van der Waals surface area contributed by atoms with Crippen LogP contribution in [0.5, 0.6) is 11.5 Å². The lowest BCUT2D eigenvalue weighted by molar-refractivity contribution is -0.138. The van der Waals surface area contributed by atoms with Crippen LogP contribution in [-0.4, -0.2) is 25.3 Å². The van der Waals surface area contributed by atoms with Gasteiger partial charge in [-0.25, -0.2) is 0 Å². The van der Waals surface area contributed by atoms with Crippen LogP contribution in [0.3, 0.4) is 0 Å². The quantitative estimate of drug-likeness (QED) is 0.824. The molecule has 1 aromatic rings. The van der Waals surface area contributed by atoms with E-state index in [9.17, 15) is 4.79 Å². The number of carbonyl (C=O) groups is 1. The second kappa shape index (κ2) is 4.68. The Balaban J connectivity index is 3.27. The topological polar surface area (TPSA) is 55.8 Å². The maximum atomic E-state index is 10.9. The predicted octanol–water partition coefficient (Wildman–Crippen LogP) is 1.89. The molecule has 1 N–H and O–H groups in total. The Hall–Kier alpha value is -1.71. The van der Waals surface area contributed by atoms with E-state index >= 15 is 0 Å². The third kappa shape index (κ3) is 2.21. The molecular weight excluding hydrogens is 196 g/mol. The molecule has 82 valence electrons. The monoisotopic (exact) mass is 210 g/mol. The van der Waals surface area contributed by atoms with Gasteiger partial charge in [0.25, 0.3) is 0 Å². The van der Waals surface area contributed by atoms with Gasteiger partial charge in [0.2, 0.25) is 0 Å². The Bertz CT molecular complexity index is 337. The third-order valence-corrected chi connectivity index (χ3v) is 2.27. The number of methoxy groups -OCH3 is 2. The van der Waals surface area contributed by atoms with Crippen molar-refractivity contribution >= 4 is 5.97 Å². The number of hydrogen-bond donors (Lipinski definition) is 1. The van der Waals surface area contributed by atoms with Crippen molar-refractivity contribution in [2.75, 3.05) is 14.2 Å². The molecule has 0 amide bonds. The molecule has 4 nitrogen and oxygen atoms in total. The maximum absolute atomic E-state index is 10.9. The number of hydrogen-bond acceptors (Lipinski definition) is 3. The zero-order valence-corrected chi connectivity index (χ0v) is 8.98. The summed E-state index contributed by atoms with van der Waals surface area (Å²) in [6.07, 6.45) is 0. The Morgan fingerprint density at radius 2 is 1.73 bits per heavy atom. The van der Waals surface area contributed by atoms with Crippen molar-refractivity contribution in [1.29, 1.82) is 0 Å². The lowest BCUT2D eigenvalue weighted by atomic mass is 9.99. The Morgan fingerprint density at radius 1 is 1.27 bits per heavy atom. The van der Waals surface area contributed by atoms with E-state index in [1.165, 1.54) is 14.2 Å². The lowest BCUT2D eigenvalue weighted by Crippen LogP contribution is -2.10. The van der Waals surface area contributed by atoms with Crippen LogP contribution in [0, 0.1) is 0 Å². The minimum atomic E-state index is -0.905. The molecule has 4 heteroatoms. The summed E-state index contributed by atoms with van der Waals surface area (Å²) in [6, 6.07) is 5.20. The van der Waals surface area contributed by atoms with Crippen LogP contribution in [0.25, 0.3) is 0 Å². The normalized spacial score (nSPS) is 11.9. The molecule has 0 fully saturated rings. The molecule has 0 aromatic heterocycles. The van der Waals surface area contributed by atoms with Crippen LogP contribution < -0.4 is 9.47 Å². The Morgan fingerprint density at radius 3 is 2.07 bits per heavy atom. The first-order valence-corrected chi connectivity index (χ1v) is 4.55. The van der Waals surface area contributed by atoms with Gasteiger partial charge >= 0.3 is 5.97 Å². The van der Waals surface area contributed by atoms with Gasteiger partial charge < -0.3 is 14.6 Å². The van der Waals surface area contributed by atoms with E-state index in [4.69, 9.17) is 14.6 Å². The molecule has 0 heterocycles. The van der Waals surface area contributed by atoms with E-state index in [1.807, 2.05) is 0 Å². The number of benzene rings is 1. The fraction of sp³-hybridized carbons (Fsp3) is 0.364. The highest BCUT2D eigenvalue weighted by atomic mass is 16.5. The minimum Gasteiger partial charge on any atom is -0.496 e. The SMILES string of the molecule is COc1cccc(OC)c1C(C)C(=O)O. The van der Waals surface area contributed by atoms with Gasteiger partial charge in [-0.15, -0.1) is 0 Å². The summed E-state index contributed by atoms with van der Waals surface area (Å²) in [5.74, 6) is -0.498. The molecular formula is C11H14O4. The van der Waals surface area contributed by atoms with Gasteiger partial charge in [-0.2, -0.15) is 0 Å². The van der Waals surface area contributed by atoms with Crippen LogP contribution in [0.1, 0.15) is 18.4 Å². The van der Waals surface area contributed by atoms with E-state index in [0.717, 1.165) is 0 Å². The fourth-order valence-electron chi connectivity index (χ4n) is 1.43. The highest BCUT2D eigenvalue weighted by molar-refractivity contribution is 5.78. The van der Waals surface area contributed by atoms with Gasteiger partial charge in [-0.1, -0.05) is 6.07 Å². The molecule has 1 aromatic carbocycles. The molecule has 0 saturated heterocycles. The van der Waals surface area contributed by atoms with Gasteiger partial charge in [0.1, 0.15) is 11.5 Å². The van der Waals surface area contributed by atoms with Gasteiger partial charge in [0.05, 0.1) is 25.7 Å². The van der Waals surface area contributed by atoms with Crippen molar-refractivity contribution in [2.45, 2.75) is 12.8 Å². The summed E-state index contributed by atoms with van der Waals surface area (Å²) in [7, 11) is 3.01. The van der Waals surface area contributed by atoms with Crippen molar-refractivity contribution in [3.8, 4) is 11.5 Å². The van der Waals surface area contributed by atoms with Crippen LogP contribution in [0.4, 0.5) is 0 Å². The first-order valence-electron chi connectivity index (χ1n) is 4.55. The average Bonchev–Trinajstić information content (AvgIpc) is 2.26. The number of ether oxygens (including phenoxy) is 2. The standard InChI is InChI=1S/C11H14O4/c1-7(11(12)13)10-8(14-2)5-4-6-9(10)15-3/h4-7H,1-3H3,(H,12,13). The molecule has 1 unspecified atom stereocenters. The summed E-state index contributed by atoms with van der Waals surface area (Å²) in [5, 5.41) is 8.96. The minimum absolute atomic E-state index is 0.532. The van der Waals surface area contributed by atoms with E-state index in [1.54, 1.807) is 25.1 Å². The molecule has 1 rings (SSSR count). The zero-order chi connectivity index (χ0) is 11.4. The summed E-state index contributed by atoms with van der Waals surface area (Å²) >= 11 is 0.